The first-order chi connectivity index (χ1) is 7.75. The average molecular weight is 226 g/mol. The summed E-state index contributed by atoms with van der Waals surface area (Å²) in [5.74, 6) is 0.244. The van der Waals surface area contributed by atoms with Crippen molar-refractivity contribution in [1.29, 1.82) is 0 Å². The number of carbonyl (C=O) groups is 1. The number of hydrogen-bond donors (Lipinski definition) is 2. The van der Waals surface area contributed by atoms with E-state index in [1.165, 1.54) is 12.8 Å². The zero-order valence-electron chi connectivity index (χ0n) is 10.00. The van der Waals surface area contributed by atoms with Crippen LogP contribution in [0.25, 0.3) is 0 Å². The Labute approximate surface area is 97.1 Å². The van der Waals surface area contributed by atoms with E-state index in [1.807, 2.05) is 6.92 Å². The predicted octanol–water partition coefficient (Wildman–Crippen LogP) is 0.670. The summed E-state index contributed by atoms with van der Waals surface area (Å²) in [6, 6.07) is 0.610. The van der Waals surface area contributed by atoms with Crippen LogP contribution in [0.15, 0.2) is 0 Å². The molecule has 2 saturated heterocycles. The molecule has 16 heavy (non-hydrogen) atoms. The van der Waals surface area contributed by atoms with Gasteiger partial charge in [-0.2, -0.15) is 0 Å². The first kappa shape index (κ1) is 11.9. The quantitative estimate of drug-likeness (QED) is 0.741. The maximum absolute atomic E-state index is 11.8. The van der Waals surface area contributed by atoms with Gasteiger partial charge in [-0.3, -0.25) is 4.79 Å². The lowest BCUT2D eigenvalue weighted by atomic mass is 10.1. The molecule has 0 aromatic carbocycles. The van der Waals surface area contributed by atoms with Crippen LogP contribution >= 0.6 is 0 Å². The number of rotatable bonds is 4. The molecule has 92 valence electrons. The number of carbonyl (C=O) groups excluding carboxylic acids is 1. The highest BCUT2D eigenvalue weighted by Gasteiger charge is 2.28. The van der Waals surface area contributed by atoms with Crippen LogP contribution in [0.2, 0.25) is 0 Å². The molecule has 0 bridgehead atoms. The zero-order chi connectivity index (χ0) is 11.4. The van der Waals surface area contributed by atoms with E-state index in [0.717, 1.165) is 25.9 Å². The second-order valence-corrected chi connectivity index (χ2v) is 4.95. The van der Waals surface area contributed by atoms with Gasteiger partial charge in [0.25, 0.3) is 0 Å². The fourth-order valence-electron chi connectivity index (χ4n) is 2.52. The zero-order valence-corrected chi connectivity index (χ0v) is 10.00. The van der Waals surface area contributed by atoms with Gasteiger partial charge in [0.05, 0.1) is 18.6 Å². The van der Waals surface area contributed by atoms with Crippen LogP contribution in [0.4, 0.5) is 0 Å². The molecule has 2 aliphatic heterocycles. The molecule has 4 nitrogen and oxygen atoms in total. The van der Waals surface area contributed by atoms with Gasteiger partial charge < -0.3 is 15.4 Å². The minimum atomic E-state index is 0.0755. The highest BCUT2D eigenvalue weighted by atomic mass is 16.5. The van der Waals surface area contributed by atoms with Gasteiger partial charge in [0.15, 0.2) is 0 Å². The molecule has 2 N–H and O–H groups in total. The van der Waals surface area contributed by atoms with Crippen molar-refractivity contribution in [3.8, 4) is 0 Å². The van der Waals surface area contributed by atoms with Crippen molar-refractivity contribution in [2.75, 3.05) is 19.7 Å². The fraction of sp³-hybridized carbons (Fsp3) is 0.917. The molecule has 0 saturated carbocycles. The summed E-state index contributed by atoms with van der Waals surface area (Å²) in [7, 11) is 0. The monoisotopic (exact) mass is 226 g/mol. The van der Waals surface area contributed by atoms with Gasteiger partial charge in [-0.15, -0.1) is 0 Å². The number of hydrogen-bond acceptors (Lipinski definition) is 3. The average Bonchev–Trinajstić information content (AvgIpc) is 2.89. The summed E-state index contributed by atoms with van der Waals surface area (Å²) >= 11 is 0. The Balaban J connectivity index is 1.60. The third-order valence-corrected chi connectivity index (χ3v) is 3.52. The van der Waals surface area contributed by atoms with Gasteiger partial charge in [-0.05, 0) is 39.2 Å². The summed E-state index contributed by atoms with van der Waals surface area (Å²) < 4.78 is 5.39. The second kappa shape index (κ2) is 5.64. The smallest absolute Gasteiger partial charge is 0.225 e. The summed E-state index contributed by atoms with van der Waals surface area (Å²) in [6.07, 6.45) is 4.68. The number of nitrogens with one attached hydrogen (secondary N) is 2. The fourth-order valence-corrected chi connectivity index (χ4v) is 2.52. The Morgan fingerprint density at radius 3 is 3.06 bits per heavy atom. The van der Waals surface area contributed by atoms with Gasteiger partial charge in [-0.1, -0.05) is 0 Å². The second-order valence-electron chi connectivity index (χ2n) is 4.95. The first-order valence-electron chi connectivity index (χ1n) is 6.38. The van der Waals surface area contributed by atoms with Crippen LogP contribution < -0.4 is 10.6 Å². The molecular weight excluding hydrogens is 204 g/mol. The molecule has 2 rings (SSSR count). The van der Waals surface area contributed by atoms with Crippen molar-refractivity contribution < 1.29 is 9.53 Å². The Morgan fingerprint density at radius 2 is 2.44 bits per heavy atom. The van der Waals surface area contributed by atoms with E-state index in [-0.39, 0.29) is 17.9 Å². The minimum Gasteiger partial charge on any atom is -0.378 e. The van der Waals surface area contributed by atoms with Gasteiger partial charge in [0.2, 0.25) is 5.91 Å². The van der Waals surface area contributed by atoms with Crippen LogP contribution in [-0.2, 0) is 9.53 Å². The van der Waals surface area contributed by atoms with Gasteiger partial charge in [0.1, 0.15) is 0 Å². The summed E-state index contributed by atoms with van der Waals surface area (Å²) in [4.78, 5) is 11.8. The lowest BCUT2D eigenvalue weighted by molar-refractivity contribution is -0.124. The van der Waals surface area contributed by atoms with Crippen LogP contribution in [0, 0.1) is 5.92 Å². The number of amides is 1. The molecule has 0 aliphatic carbocycles. The lowest BCUT2D eigenvalue weighted by Gasteiger charge is -2.12. The predicted molar refractivity (Wildman–Crippen MR) is 62.2 cm³/mol. The van der Waals surface area contributed by atoms with E-state index in [0.29, 0.717) is 12.6 Å². The molecule has 2 unspecified atom stereocenters. The Bertz CT molecular complexity index is 239. The van der Waals surface area contributed by atoms with Crippen molar-refractivity contribution in [2.45, 2.75) is 44.8 Å². The topological polar surface area (TPSA) is 50.4 Å². The minimum absolute atomic E-state index is 0.0755. The van der Waals surface area contributed by atoms with E-state index in [1.54, 1.807) is 0 Å². The highest BCUT2D eigenvalue weighted by Crippen LogP contribution is 2.18. The molecule has 0 spiro atoms. The Kier molecular flexibility index (Phi) is 4.18. The molecule has 3 atom stereocenters. The van der Waals surface area contributed by atoms with Crippen molar-refractivity contribution in [3.63, 3.8) is 0 Å². The Hall–Kier alpha value is -0.610. The maximum atomic E-state index is 11.8. The van der Waals surface area contributed by atoms with Gasteiger partial charge in [-0.25, -0.2) is 0 Å². The highest BCUT2D eigenvalue weighted by molar-refractivity contribution is 5.79. The molecule has 2 fully saturated rings. The molecule has 2 aliphatic rings. The third-order valence-electron chi connectivity index (χ3n) is 3.52. The lowest BCUT2D eigenvalue weighted by Crippen LogP contribution is -2.34. The molecule has 2 heterocycles. The van der Waals surface area contributed by atoms with Crippen molar-refractivity contribution in [1.82, 2.24) is 10.6 Å². The van der Waals surface area contributed by atoms with E-state index in [9.17, 15) is 4.79 Å². The van der Waals surface area contributed by atoms with E-state index in [4.69, 9.17) is 4.74 Å². The van der Waals surface area contributed by atoms with E-state index < -0.39 is 0 Å². The van der Waals surface area contributed by atoms with E-state index >= 15 is 0 Å². The first-order valence-corrected chi connectivity index (χ1v) is 6.38. The molecule has 1 amide bonds. The van der Waals surface area contributed by atoms with Gasteiger partial charge in [0, 0.05) is 12.6 Å². The summed E-state index contributed by atoms with van der Waals surface area (Å²) in [6.45, 7) is 4.54. The third kappa shape index (κ3) is 3.19. The molecule has 0 aromatic heterocycles. The van der Waals surface area contributed by atoms with Gasteiger partial charge >= 0.3 is 0 Å². The molecule has 0 radical (unpaired) electrons. The Morgan fingerprint density at radius 1 is 1.56 bits per heavy atom. The molecule has 4 heteroatoms. The normalized spacial score (nSPS) is 34.2. The van der Waals surface area contributed by atoms with Crippen LogP contribution in [-0.4, -0.2) is 37.7 Å². The molecular formula is C12H22N2O2. The van der Waals surface area contributed by atoms with Crippen LogP contribution in [0.5, 0.6) is 0 Å². The van der Waals surface area contributed by atoms with Crippen LogP contribution in [0.1, 0.15) is 32.6 Å². The number of ether oxygens (including phenoxy) is 1. The van der Waals surface area contributed by atoms with E-state index in [2.05, 4.69) is 10.6 Å². The summed E-state index contributed by atoms with van der Waals surface area (Å²) in [5.41, 5.74) is 0. The maximum Gasteiger partial charge on any atom is 0.225 e. The van der Waals surface area contributed by atoms with Crippen molar-refractivity contribution >= 4 is 5.91 Å². The largest absolute Gasteiger partial charge is 0.378 e. The van der Waals surface area contributed by atoms with Crippen LogP contribution in [0.3, 0.4) is 0 Å². The molecule has 0 aromatic rings. The summed E-state index contributed by atoms with van der Waals surface area (Å²) in [5, 5.41) is 6.44. The standard InChI is InChI=1S/C12H22N2O2/c1-9-7-10(8-16-9)12(15)14-6-4-11-3-2-5-13-11/h9-11,13H,2-8H2,1H3,(H,14,15)/t9?,10?,11-/m1/s1. The SMILES string of the molecule is CC1CC(C(=O)NCC[C@H]2CCCN2)CO1. The van der Waals surface area contributed by atoms with Crippen molar-refractivity contribution in [2.24, 2.45) is 5.92 Å². The van der Waals surface area contributed by atoms with Crippen molar-refractivity contribution in [3.05, 3.63) is 0 Å².